The van der Waals surface area contributed by atoms with Gasteiger partial charge in [0, 0.05) is 29.1 Å². The largest absolute Gasteiger partial charge is 0.404 e. The summed E-state index contributed by atoms with van der Waals surface area (Å²) in [5.74, 6) is 10.7. The van der Waals surface area contributed by atoms with Crippen LogP contribution in [0.15, 0.2) is 60.7 Å². The number of benzene rings is 2. The van der Waals surface area contributed by atoms with E-state index in [9.17, 15) is 0 Å². The Morgan fingerprint density at radius 3 is 1.14 bits per heavy atom. The molecule has 2 aromatic carbocycles. The van der Waals surface area contributed by atoms with E-state index in [1.54, 1.807) is 0 Å². The van der Waals surface area contributed by atoms with Gasteiger partial charge in [-0.25, -0.2) is 0 Å². The fourth-order valence-corrected chi connectivity index (χ4v) is 16.2. The van der Waals surface area contributed by atoms with Crippen LogP contribution in [0.3, 0.4) is 0 Å². The molecule has 1 nitrogen and oxygen atoms in total. The minimum Gasteiger partial charge on any atom is -0.404 e. The van der Waals surface area contributed by atoms with Crippen molar-refractivity contribution in [3.63, 3.8) is 0 Å². The Labute approximate surface area is 336 Å². The second kappa shape index (κ2) is 31.2. The Morgan fingerprint density at radius 1 is 0.451 bits per heavy atom. The van der Waals surface area contributed by atoms with E-state index in [1.165, 1.54) is 172 Å². The molecule has 0 saturated carbocycles. The van der Waals surface area contributed by atoms with Crippen LogP contribution in [0.4, 0.5) is 0 Å². The van der Waals surface area contributed by atoms with E-state index >= 15 is 0 Å². The predicted octanol–water partition coefficient (Wildman–Crippen LogP) is 13.9. The van der Waals surface area contributed by atoms with Gasteiger partial charge in [-0.1, -0.05) is 172 Å². The minimum absolute atomic E-state index is 0.0341. The third-order valence-corrected chi connectivity index (χ3v) is 19.8. The highest BCUT2D eigenvalue weighted by Crippen LogP contribution is 2.38. The number of unbranched alkanes of at least 4 members (excludes halogenated alkanes) is 12. The minimum atomic E-state index is -2.53. The monoisotopic (exact) mass is 790 g/mol. The fraction of sp³-hybridized carbons (Fsp3) is 0.733. The van der Waals surface area contributed by atoms with Crippen LogP contribution >= 0.6 is 47.0 Å². The fourth-order valence-electron chi connectivity index (χ4n) is 6.91. The van der Waals surface area contributed by atoms with E-state index in [0.717, 1.165) is 0 Å². The summed E-state index contributed by atoms with van der Waals surface area (Å²) in [4.78, 5) is 0. The molecule has 0 aliphatic heterocycles. The third-order valence-electron chi connectivity index (χ3n) is 9.92. The first-order valence-electron chi connectivity index (χ1n) is 21.1. The highest BCUT2D eigenvalue weighted by atomic mass is 32.2. The zero-order valence-electron chi connectivity index (χ0n) is 33.8. The van der Waals surface area contributed by atoms with E-state index in [4.69, 9.17) is 4.43 Å². The molecule has 51 heavy (non-hydrogen) atoms. The van der Waals surface area contributed by atoms with Crippen molar-refractivity contribution in [2.45, 2.75) is 161 Å². The Bertz CT molecular complexity index is 960. The number of thioether (sulfide) groups is 4. The average Bonchev–Trinajstić information content (AvgIpc) is 3.14. The second-order valence-corrected chi connectivity index (χ2v) is 24.5. The van der Waals surface area contributed by atoms with Crippen LogP contribution in [0.1, 0.15) is 150 Å². The first-order chi connectivity index (χ1) is 25.0. The van der Waals surface area contributed by atoms with Gasteiger partial charge in [0.2, 0.25) is 0 Å². The molecule has 292 valence electrons. The van der Waals surface area contributed by atoms with Crippen molar-refractivity contribution in [3.8, 4) is 0 Å². The first-order valence-corrected chi connectivity index (χ1v) is 27.6. The second-order valence-electron chi connectivity index (χ2n) is 15.4. The van der Waals surface area contributed by atoms with Crippen LogP contribution in [0, 0.1) is 0 Å². The predicted molar refractivity (Wildman–Crippen MR) is 246 cm³/mol. The topological polar surface area (TPSA) is 9.23 Å². The molecule has 2 rings (SSSR count). The molecule has 0 fully saturated rings. The molecule has 0 amide bonds. The van der Waals surface area contributed by atoms with E-state index < -0.39 is 8.32 Å². The lowest BCUT2D eigenvalue weighted by atomic mass is 10.0. The van der Waals surface area contributed by atoms with Crippen LogP contribution in [0.5, 0.6) is 0 Å². The Morgan fingerprint density at radius 2 is 0.784 bits per heavy atom. The van der Waals surface area contributed by atoms with Crippen molar-refractivity contribution in [1.82, 2.24) is 0 Å². The molecule has 6 heteroatoms. The molecule has 0 saturated heterocycles. The maximum atomic E-state index is 7.73. The van der Waals surface area contributed by atoms with Crippen LogP contribution in [-0.4, -0.2) is 60.4 Å². The Kier molecular flexibility index (Phi) is 28.9. The van der Waals surface area contributed by atoms with Gasteiger partial charge in [0.25, 0.3) is 8.32 Å². The summed E-state index contributed by atoms with van der Waals surface area (Å²) < 4.78 is 7.73. The van der Waals surface area contributed by atoms with Crippen LogP contribution in [0.2, 0.25) is 5.04 Å². The molecule has 0 spiro atoms. The first kappa shape index (κ1) is 47.2. The molecule has 0 heterocycles. The van der Waals surface area contributed by atoms with Gasteiger partial charge in [0.05, 0.1) is 0 Å². The molecule has 0 aliphatic rings. The van der Waals surface area contributed by atoms with E-state index in [2.05, 4.69) is 142 Å². The van der Waals surface area contributed by atoms with Crippen LogP contribution < -0.4 is 10.4 Å². The molecule has 0 aliphatic carbocycles. The van der Waals surface area contributed by atoms with Crippen molar-refractivity contribution >= 4 is 65.7 Å². The number of rotatable bonds is 34. The molecule has 0 unspecified atom stereocenters. The van der Waals surface area contributed by atoms with E-state index in [1.807, 2.05) is 0 Å². The lowest BCUT2D eigenvalue weighted by molar-refractivity contribution is 0.160. The van der Waals surface area contributed by atoms with Crippen LogP contribution in [0.25, 0.3) is 0 Å². The average molecular weight is 791 g/mol. The highest BCUT2D eigenvalue weighted by molar-refractivity contribution is 8.03. The summed E-state index contributed by atoms with van der Waals surface area (Å²) in [6.45, 7) is 11.9. The van der Waals surface area contributed by atoms with Gasteiger partial charge in [-0.3, -0.25) is 0 Å². The Hall–Kier alpha value is 0.0169. The van der Waals surface area contributed by atoms with Crippen molar-refractivity contribution < 1.29 is 4.43 Å². The molecule has 0 N–H and O–H groups in total. The molecule has 0 radical (unpaired) electrons. The van der Waals surface area contributed by atoms with Crippen LogP contribution in [-0.2, 0) is 4.43 Å². The lowest BCUT2D eigenvalue weighted by Gasteiger charge is -2.45. The van der Waals surface area contributed by atoms with Gasteiger partial charge in [-0.2, -0.15) is 47.0 Å². The highest BCUT2D eigenvalue weighted by Gasteiger charge is 2.51. The maximum absolute atomic E-state index is 7.73. The molecule has 0 atom stereocenters. The summed E-state index contributed by atoms with van der Waals surface area (Å²) in [6, 6.07) is 22.6. The SMILES string of the molecule is CCCCSCCSCCCCCCCCC(CCCCCCCCSCCSCCCC)O[Si](c1ccccc1)(c1ccccc1)C(C)(C)C. The van der Waals surface area contributed by atoms with Gasteiger partial charge in [-0.15, -0.1) is 0 Å². The van der Waals surface area contributed by atoms with Gasteiger partial charge in [0.1, 0.15) is 0 Å². The van der Waals surface area contributed by atoms with Gasteiger partial charge in [-0.05, 0) is 76.9 Å². The molecule has 0 bridgehead atoms. The molecule has 0 aromatic heterocycles. The van der Waals surface area contributed by atoms with Gasteiger partial charge in [0.15, 0.2) is 0 Å². The summed E-state index contributed by atoms with van der Waals surface area (Å²) in [5.41, 5.74) is 0. The Balaban J connectivity index is 1.87. The van der Waals surface area contributed by atoms with Crippen molar-refractivity contribution in [1.29, 1.82) is 0 Å². The molecular formula is C45H78OS4Si. The van der Waals surface area contributed by atoms with Crippen molar-refractivity contribution in [2.75, 3.05) is 46.0 Å². The summed E-state index contributed by atoms with van der Waals surface area (Å²) in [6.07, 6.45) is 24.5. The number of hydrogen-bond donors (Lipinski definition) is 0. The third kappa shape index (κ3) is 21.0. The quantitative estimate of drug-likeness (QED) is 0.0514. The smallest absolute Gasteiger partial charge is 0.261 e. The van der Waals surface area contributed by atoms with Gasteiger partial charge < -0.3 is 4.43 Å². The standard InChI is InChI=1S/C45H78OS4Si/c1-6-8-34-47-38-40-49-36-26-16-12-10-14-20-28-42(29-21-15-11-13-17-27-37-50-41-39-48-35-9-7-2)46-51(45(3,4)5,43-30-22-18-23-31-43)44-32-24-19-25-33-44/h18-19,22-25,30-33,42H,6-17,20-21,26-29,34-41H2,1-5H3. The lowest BCUT2D eigenvalue weighted by Crippen LogP contribution is -2.67. The molecule has 2 aromatic rings. The van der Waals surface area contributed by atoms with E-state index in [0.29, 0.717) is 6.10 Å². The van der Waals surface area contributed by atoms with Crippen molar-refractivity contribution in [2.24, 2.45) is 0 Å². The number of hydrogen-bond acceptors (Lipinski definition) is 5. The summed E-state index contributed by atoms with van der Waals surface area (Å²) in [5, 5.41) is 2.87. The molecular weight excluding hydrogens is 713 g/mol. The van der Waals surface area contributed by atoms with Crippen molar-refractivity contribution in [3.05, 3.63) is 60.7 Å². The van der Waals surface area contributed by atoms with E-state index in [-0.39, 0.29) is 5.04 Å². The summed E-state index contributed by atoms with van der Waals surface area (Å²) >= 11 is 8.63. The zero-order valence-corrected chi connectivity index (χ0v) is 38.0. The van der Waals surface area contributed by atoms with Gasteiger partial charge >= 0.3 is 0 Å². The zero-order chi connectivity index (χ0) is 36.7. The summed E-state index contributed by atoms with van der Waals surface area (Å²) in [7, 11) is -2.53. The normalized spacial score (nSPS) is 12.3. The maximum Gasteiger partial charge on any atom is 0.261 e.